The molecule has 1 aromatic carbocycles. The molecule has 0 radical (unpaired) electrons. The van der Waals surface area contributed by atoms with Crippen molar-refractivity contribution in [3.05, 3.63) is 51.6 Å². The summed E-state index contributed by atoms with van der Waals surface area (Å²) in [5.74, 6) is 0. The Hall–Kier alpha value is -1.86. The molecule has 0 aliphatic heterocycles. The van der Waals surface area contributed by atoms with Crippen LogP contribution in [0, 0.1) is 6.92 Å². The average molecular weight is 339 g/mol. The summed E-state index contributed by atoms with van der Waals surface area (Å²) in [5.41, 5.74) is 2.51. The number of halogens is 3. The number of nitrogens with one attached hydrogen (secondary N) is 2. The number of aromatic nitrogens is 2. The molecule has 0 bridgehead atoms. The summed E-state index contributed by atoms with van der Waals surface area (Å²) in [4.78, 5) is 6.92. The first-order valence-electron chi connectivity index (χ1n) is 7.18. The topological polar surface area (TPSA) is 40.7 Å². The largest absolute Gasteiger partial charge is 0.434 e. The van der Waals surface area contributed by atoms with Crippen LogP contribution in [0.2, 0.25) is 0 Å². The van der Waals surface area contributed by atoms with Crippen LogP contribution in [0.1, 0.15) is 34.8 Å². The molecule has 0 fully saturated rings. The fourth-order valence-electron chi connectivity index (χ4n) is 2.48. The highest BCUT2D eigenvalue weighted by Gasteiger charge is 2.34. The fourth-order valence-corrected chi connectivity index (χ4v) is 3.33. The monoisotopic (exact) mass is 339 g/mol. The Morgan fingerprint density at radius 3 is 2.83 bits per heavy atom. The van der Waals surface area contributed by atoms with Crippen molar-refractivity contribution in [1.29, 1.82) is 0 Å². The van der Waals surface area contributed by atoms with Gasteiger partial charge < -0.3 is 10.3 Å². The smallest absolute Gasteiger partial charge is 0.361 e. The molecule has 7 heteroatoms. The van der Waals surface area contributed by atoms with E-state index in [2.05, 4.69) is 15.3 Å². The molecule has 0 aliphatic carbocycles. The van der Waals surface area contributed by atoms with Gasteiger partial charge >= 0.3 is 6.18 Å². The van der Waals surface area contributed by atoms with E-state index in [1.165, 1.54) is 0 Å². The van der Waals surface area contributed by atoms with E-state index in [0.29, 0.717) is 11.6 Å². The number of alkyl halides is 3. The lowest BCUT2D eigenvalue weighted by atomic mass is 10.1. The van der Waals surface area contributed by atoms with E-state index in [1.807, 2.05) is 38.2 Å². The van der Waals surface area contributed by atoms with Gasteiger partial charge in [0.1, 0.15) is 5.01 Å². The van der Waals surface area contributed by atoms with Gasteiger partial charge in [0, 0.05) is 29.0 Å². The molecule has 2 aromatic heterocycles. The lowest BCUT2D eigenvalue weighted by molar-refractivity contribution is -0.140. The Morgan fingerprint density at radius 1 is 1.35 bits per heavy atom. The fraction of sp³-hybridized carbons (Fsp3) is 0.312. The molecule has 23 heavy (non-hydrogen) atoms. The summed E-state index contributed by atoms with van der Waals surface area (Å²) >= 11 is 1.03. The van der Waals surface area contributed by atoms with E-state index in [0.717, 1.165) is 38.7 Å². The maximum absolute atomic E-state index is 12.6. The summed E-state index contributed by atoms with van der Waals surface area (Å²) in [6, 6.07) is 5.82. The summed E-state index contributed by atoms with van der Waals surface area (Å²) in [7, 11) is 0. The Morgan fingerprint density at radius 2 is 2.13 bits per heavy atom. The molecule has 3 aromatic rings. The zero-order valence-corrected chi connectivity index (χ0v) is 13.5. The van der Waals surface area contributed by atoms with Crippen LogP contribution < -0.4 is 5.32 Å². The number of para-hydroxylation sites is 1. The van der Waals surface area contributed by atoms with Gasteiger partial charge in [0.15, 0.2) is 5.69 Å². The van der Waals surface area contributed by atoms with Crippen LogP contribution in [0.3, 0.4) is 0 Å². The van der Waals surface area contributed by atoms with E-state index in [-0.39, 0.29) is 6.04 Å². The highest BCUT2D eigenvalue weighted by molar-refractivity contribution is 7.09. The lowest BCUT2D eigenvalue weighted by Gasteiger charge is -2.11. The first-order valence-corrected chi connectivity index (χ1v) is 8.06. The van der Waals surface area contributed by atoms with E-state index in [1.54, 1.807) is 0 Å². The second-order valence-corrected chi connectivity index (χ2v) is 6.37. The van der Waals surface area contributed by atoms with Crippen LogP contribution in [0.5, 0.6) is 0 Å². The van der Waals surface area contributed by atoms with Crippen LogP contribution in [0.25, 0.3) is 10.9 Å². The Labute approximate surface area is 135 Å². The van der Waals surface area contributed by atoms with Crippen molar-refractivity contribution in [2.75, 3.05) is 0 Å². The van der Waals surface area contributed by atoms with Crippen molar-refractivity contribution in [1.82, 2.24) is 15.3 Å². The van der Waals surface area contributed by atoms with Gasteiger partial charge in [-0.1, -0.05) is 18.2 Å². The van der Waals surface area contributed by atoms with Gasteiger partial charge in [-0.15, -0.1) is 11.3 Å². The molecule has 0 saturated heterocycles. The molecule has 1 unspecified atom stereocenters. The minimum absolute atomic E-state index is 0.245. The zero-order valence-electron chi connectivity index (χ0n) is 12.7. The third kappa shape index (κ3) is 3.25. The summed E-state index contributed by atoms with van der Waals surface area (Å²) in [6.07, 6.45) is -2.46. The number of hydrogen-bond donors (Lipinski definition) is 2. The van der Waals surface area contributed by atoms with Crippen molar-refractivity contribution >= 4 is 22.2 Å². The van der Waals surface area contributed by atoms with E-state index < -0.39 is 11.9 Å². The molecule has 2 N–H and O–H groups in total. The van der Waals surface area contributed by atoms with Gasteiger partial charge in [0.05, 0.1) is 6.04 Å². The minimum Gasteiger partial charge on any atom is -0.361 e. The number of benzene rings is 1. The van der Waals surface area contributed by atoms with Gasteiger partial charge in [-0.05, 0) is 25.0 Å². The molecule has 122 valence electrons. The molecule has 0 spiro atoms. The normalized spacial score (nSPS) is 13.6. The van der Waals surface area contributed by atoms with Crippen molar-refractivity contribution in [2.45, 2.75) is 32.6 Å². The van der Waals surface area contributed by atoms with Crippen LogP contribution in [0.15, 0.2) is 29.8 Å². The first kappa shape index (κ1) is 16.0. The van der Waals surface area contributed by atoms with E-state index >= 15 is 0 Å². The SMILES string of the molecule is Cc1cccc2c(CNC(C)c3nc(C(F)(F)F)cs3)c[nH]c12. The molecular formula is C16H16F3N3S. The van der Waals surface area contributed by atoms with Crippen LogP contribution in [-0.4, -0.2) is 9.97 Å². The number of aryl methyl sites for hydroxylation is 1. The summed E-state index contributed by atoms with van der Waals surface area (Å²) in [6.45, 7) is 4.41. The highest BCUT2D eigenvalue weighted by Crippen LogP contribution is 2.31. The number of rotatable bonds is 4. The molecule has 3 rings (SSSR count). The molecule has 2 heterocycles. The van der Waals surface area contributed by atoms with Gasteiger partial charge in [-0.3, -0.25) is 0 Å². The highest BCUT2D eigenvalue weighted by atomic mass is 32.1. The summed E-state index contributed by atoms with van der Waals surface area (Å²) < 4.78 is 37.8. The summed E-state index contributed by atoms with van der Waals surface area (Å²) in [5, 5.41) is 5.86. The standard InChI is InChI=1S/C16H16F3N3S/c1-9-4-3-5-12-11(7-21-14(9)12)6-20-10(2)15-22-13(8-23-15)16(17,18)19/h3-5,7-8,10,20-21H,6H2,1-2H3. The molecule has 3 nitrogen and oxygen atoms in total. The van der Waals surface area contributed by atoms with Gasteiger partial charge in [0.2, 0.25) is 0 Å². The first-order chi connectivity index (χ1) is 10.9. The predicted octanol–water partition coefficient (Wildman–Crippen LogP) is 4.80. The molecular weight excluding hydrogens is 323 g/mol. The number of aromatic amines is 1. The number of fused-ring (bicyclic) bond motifs is 1. The van der Waals surface area contributed by atoms with Crippen molar-refractivity contribution in [3.63, 3.8) is 0 Å². The molecule has 0 aliphatic rings. The quantitative estimate of drug-likeness (QED) is 0.717. The van der Waals surface area contributed by atoms with Crippen LogP contribution >= 0.6 is 11.3 Å². The predicted molar refractivity (Wildman–Crippen MR) is 85.4 cm³/mol. The Kier molecular flexibility index (Phi) is 4.16. The molecule has 1 atom stereocenters. The molecule has 0 saturated carbocycles. The second-order valence-electron chi connectivity index (χ2n) is 5.48. The van der Waals surface area contributed by atoms with Gasteiger partial charge in [-0.2, -0.15) is 13.2 Å². The van der Waals surface area contributed by atoms with Gasteiger partial charge in [0.25, 0.3) is 0 Å². The average Bonchev–Trinajstić information content (AvgIpc) is 3.12. The van der Waals surface area contributed by atoms with Crippen molar-refractivity contribution in [3.8, 4) is 0 Å². The zero-order chi connectivity index (χ0) is 16.6. The third-order valence-corrected chi connectivity index (χ3v) is 4.82. The van der Waals surface area contributed by atoms with Gasteiger partial charge in [-0.25, -0.2) is 4.98 Å². The third-order valence-electron chi connectivity index (χ3n) is 3.79. The number of nitrogens with zero attached hydrogens (tertiary/aromatic N) is 1. The Bertz CT molecular complexity index is 819. The Balaban J connectivity index is 1.72. The van der Waals surface area contributed by atoms with Crippen LogP contribution in [-0.2, 0) is 12.7 Å². The maximum Gasteiger partial charge on any atom is 0.434 e. The maximum atomic E-state index is 12.6. The number of hydrogen-bond acceptors (Lipinski definition) is 3. The number of thiazole rings is 1. The van der Waals surface area contributed by atoms with Crippen molar-refractivity contribution in [2.24, 2.45) is 0 Å². The number of H-pyrrole nitrogens is 1. The van der Waals surface area contributed by atoms with E-state index in [9.17, 15) is 13.2 Å². The minimum atomic E-state index is -4.39. The lowest BCUT2D eigenvalue weighted by Crippen LogP contribution is -2.18. The molecule has 0 amide bonds. The van der Waals surface area contributed by atoms with E-state index in [4.69, 9.17) is 0 Å². The van der Waals surface area contributed by atoms with Crippen LogP contribution in [0.4, 0.5) is 13.2 Å². The second kappa shape index (κ2) is 5.98. The van der Waals surface area contributed by atoms with Crippen molar-refractivity contribution < 1.29 is 13.2 Å².